The molecule has 3 unspecified atom stereocenters. The Balaban J connectivity index is 1.01. The second kappa shape index (κ2) is 16.5. The van der Waals surface area contributed by atoms with Crippen molar-refractivity contribution in [3.8, 4) is 0 Å². The summed E-state index contributed by atoms with van der Waals surface area (Å²) in [6.45, 7) is 11.7. The van der Waals surface area contributed by atoms with Crippen molar-refractivity contribution in [1.29, 1.82) is 0 Å². The summed E-state index contributed by atoms with van der Waals surface area (Å²) in [6.07, 6.45) is 4.76. The molecule has 9 heterocycles. The molecule has 19 atom stereocenters. The number of ketones is 1. The Morgan fingerprint density at radius 3 is 2.39 bits per heavy atom. The summed E-state index contributed by atoms with van der Waals surface area (Å²) < 4.78 is 58.8. The Morgan fingerprint density at radius 1 is 0.806 bits per heavy atom. The van der Waals surface area contributed by atoms with Gasteiger partial charge >= 0.3 is 5.97 Å². The van der Waals surface area contributed by atoms with Gasteiger partial charge in [0.05, 0.1) is 48.6 Å². The van der Waals surface area contributed by atoms with Gasteiger partial charge in [-0.05, 0) is 90.9 Å². The fourth-order valence-corrected chi connectivity index (χ4v) is 12.5. The number of esters is 1. The molecule has 10 bridgehead atoms. The summed E-state index contributed by atoms with van der Waals surface area (Å²) in [5.74, 6) is -5.63. The molecule has 8 saturated heterocycles. The van der Waals surface area contributed by atoms with Crippen LogP contribution in [0.3, 0.4) is 0 Å². The molecule has 0 aliphatic carbocycles. The van der Waals surface area contributed by atoms with Crippen LogP contribution in [0.15, 0.2) is 23.8 Å². The minimum absolute atomic E-state index is 0.0379. The van der Waals surface area contributed by atoms with Crippen LogP contribution in [0, 0.1) is 17.8 Å². The van der Waals surface area contributed by atoms with Crippen molar-refractivity contribution < 1.29 is 72.6 Å². The van der Waals surface area contributed by atoms with Gasteiger partial charge in [-0.15, -0.1) is 0 Å². The van der Waals surface area contributed by atoms with E-state index in [-0.39, 0.29) is 50.1 Å². The van der Waals surface area contributed by atoms with Crippen LogP contribution in [0.1, 0.15) is 131 Å². The fourth-order valence-electron chi connectivity index (χ4n) is 12.5. The van der Waals surface area contributed by atoms with Crippen molar-refractivity contribution in [2.45, 2.75) is 227 Å². The Bertz CT molecular complexity index is 1770. The number of aliphatic hydroxyl groups is 4. The van der Waals surface area contributed by atoms with E-state index in [2.05, 4.69) is 19.9 Å². The second-order valence-electron chi connectivity index (χ2n) is 21.2. The van der Waals surface area contributed by atoms with E-state index < -0.39 is 107 Å². The Kier molecular flexibility index (Phi) is 12.0. The lowest BCUT2D eigenvalue weighted by molar-refractivity contribution is -0.365. The highest BCUT2D eigenvalue weighted by molar-refractivity contribution is 5.86. The van der Waals surface area contributed by atoms with Gasteiger partial charge < -0.3 is 63.1 Å². The molecule has 0 amide bonds. The van der Waals surface area contributed by atoms with E-state index in [1.807, 2.05) is 26.0 Å². The third-order valence-electron chi connectivity index (χ3n) is 16.0. The molecule has 8 fully saturated rings. The first-order chi connectivity index (χ1) is 29.3. The Hall–Kier alpha value is -1.86. The predicted molar refractivity (Wildman–Crippen MR) is 219 cm³/mol. The zero-order valence-electron chi connectivity index (χ0n) is 37.3. The normalized spacial score (nSPS) is 55.0. The van der Waals surface area contributed by atoms with Gasteiger partial charge in [-0.1, -0.05) is 37.6 Å². The predicted octanol–water partition coefficient (Wildman–Crippen LogP) is 4.23. The molecule has 2 spiro atoms. The summed E-state index contributed by atoms with van der Waals surface area (Å²) in [7, 11) is 0. The molecule has 0 aromatic carbocycles. The van der Waals surface area contributed by atoms with E-state index in [1.165, 1.54) is 0 Å². The first-order valence-corrected chi connectivity index (χ1v) is 23.5. The summed E-state index contributed by atoms with van der Waals surface area (Å²) in [6, 6.07) is 0. The quantitative estimate of drug-likeness (QED) is 0.288. The zero-order valence-corrected chi connectivity index (χ0v) is 37.3. The van der Waals surface area contributed by atoms with Gasteiger partial charge in [0, 0.05) is 38.5 Å². The lowest BCUT2D eigenvalue weighted by atomic mass is 9.87. The first-order valence-electron chi connectivity index (χ1n) is 23.5. The van der Waals surface area contributed by atoms with Gasteiger partial charge in [0.1, 0.15) is 48.3 Å². The summed E-state index contributed by atoms with van der Waals surface area (Å²) >= 11 is 0. The number of allylic oxidation sites excluding steroid dienone is 3. The maximum atomic E-state index is 14.1. The molecule has 9 aliphatic heterocycles. The molecule has 0 saturated carbocycles. The first kappa shape index (κ1) is 45.3. The van der Waals surface area contributed by atoms with Crippen molar-refractivity contribution >= 4 is 11.8 Å². The zero-order chi connectivity index (χ0) is 44.0. The number of rotatable bonds is 2. The standard InChI is InChI=1S/C47H70O15/c1-26-9-10-32-34(21-37(55-32)47(53)39(50)28(3)13-19-54-47)56-41(52)29(4)31-8-7-14-45(57-31)16-11-33(58-45)40(51)43(6)23-30(49)38(61-43)35-24-44(25-48)17-18-46(59-35,62-44)36-12-15-42(5,60-36)22-27(2)20-26/h9-10,20,27-29,31-40,48,50-51,53H,7-8,11-19,21-25H2,1-6H3/b10-9+,26-20+/t27?,28?,29-,31+,32+,33-,34+,35+,36+,37-,38+,39?,40-,42+,43-,44+,45+,46-,47+/m1/s1. The molecule has 9 aliphatic rings. The van der Waals surface area contributed by atoms with Crippen molar-refractivity contribution in [3.05, 3.63) is 23.8 Å². The van der Waals surface area contributed by atoms with Crippen molar-refractivity contribution in [3.63, 3.8) is 0 Å². The molecule has 62 heavy (non-hydrogen) atoms. The van der Waals surface area contributed by atoms with Crippen LogP contribution < -0.4 is 0 Å². The van der Waals surface area contributed by atoms with E-state index in [9.17, 15) is 30.0 Å². The van der Waals surface area contributed by atoms with E-state index >= 15 is 0 Å². The molecule has 15 nitrogen and oxygen atoms in total. The Labute approximate surface area is 365 Å². The highest BCUT2D eigenvalue weighted by atomic mass is 16.8. The van der Waals surface area contributed by atoms with E-state index in [0.29, 0.717) is 57.8 Å². The molecule has 4 N–H and O–H groups in total. The van der Waals surface area contributed by atoms with Gasteiger partial charge in [-0.25, -0.2) is 0 Å². The monoisotopic (exact) mass is 874 g/mol. The average molecular weight is 875 g/mol. The Morgan fingerprint density at radius 2 is 1.60 bits per heavy atom. The highest BCUT2D eigenvalue weighted by Gasteiger charge is 2.66. The van der Waals surface area contributed by atoms with Crippen LogP contribution in [0.25, 0.3) is 0 Å². The number of aliphatic hydroxyl groups excluding tert-OH is 3. The maximum absolute atomic E-state index is 14.1. The molecular formula is C47H70O15. The smallest absolute Gasteiger partial charge is 0.311 e. The lowest BCUT2D eigenvalue weighted by Crippen LogP contribution is -2.59. The molecule has 0 aromatic heterocycles. The van der Waals surface area contributed by atoms with Gasteiger partial charge in [0.25, 0.3) is 0 Å². The SMILES string of the molecule is CC1=C\C(C)C[C@]2(C)CC[C@H](O2)[C@]23CC[C@@](CO)(C[C@H](O2)[C@H]2O[C@](C)(CC2=O)[C@H](O)[C@H]2CC[C@]4(CCC[C@H](O4)[C@@H](C)C(=O)O[C@H]4C[C@H]([C@]5(O)OCCC(C)C5O)O[C@H]4\C=C\1)O2)O3. The number of hydrogen-bond donors (Lipinski definition) is 4. The minimum atomic E-state index is -1.97. The minimum Gasteiger partial charge on any atom is -0.459 e. The van der Waals surface area contributed by atoms with Gasteiger partial charge in [0.15, 0.2) is 17.4 Å². The van der Waals surface area contributed by atoms with Crippen LogP contribution in [-0.4, -0.2) is 141 Å². The van der Waals surface area contributed by atoms with Crippen molar-refractivity contribution in [2.75, 3.05) is 13.2 Å². The van der Waals surface area contributed by atoms with Crippen LogP contribution >= 0.6 is 0 Å². The fraction of sp³-hybridized carbons (Fsp3) is 0.872. The lowest BCUT2D eigenvalue weighted by Gasteiger charge is -2.47. The largest absolute Gasteiger partial charge is 0.459 e. The third-order valence-corrected chi connectivity index (χ3v) is 16.0. The number of hydrogen-bond acceptors (Lipinski definition) is 15. The van der Waals surface area contributed by atoms with Crippen LogP contribution in [-0.2, 0) is 52.2 Å². The second-order valence-corrected chi connectivity index (χ2v) is 21.2. The number of ether oxygens (including phenoxy) is 9. The molecule has 0 radical (unpaired) electrons. The molecule has 0 aromatic rings. The number of carbonyl (C=O) groups excluding carboxylic acids is 2. The van der Waals surface area contributed by atoms with Gasteiger partial charge in [-0.2, -0.15) is 0 Å². The number of Topliss-reactive ketones (excluding diaryl/α,β-unsaturated/α-hetero) is 1. The number of fused-ring (bicyclic) bond motifs is 10. The topological polar surface area (TPSA) is 198 Å². The summed E-state index contributed by atoms with van der Waals surface area (Å²) in [5.41, 5.74) is -1.73. The van der Waals surface area contributed by atoms with E-state index in [4.69, 9.17) is 42.6 Å². The summed E-state index contributed by atoms with van der Waals surface area (Å²) in [4.78, 5) is 28.0. The van der Waals surface area contributed by atoms with E-state index in [1.54, 1.807) is 13.8 Å². The van der Waals surface area contributed by atoms with Gasteiger partial charge in [-0.3, -0.25) is 9.59 Å². The maximum Gasteiger partial charge on any atom is 0.311 e. The third kappa shape index (κ3) is 8.09. The van der Waals surface area contributed by atoms with Crippen LogP contribution in [0.2, 0.25) is 0 Å². The average Bonchev–Trinajstić information content (AvgIpc) is 4.06. The van der Waals surface area contributed by atoms with Crippen LogP contribution in [0.4, 0.5) is 0 Å². The molecular weight excluding hydrogens is 805 g/mol. The molecule has 348 valence electrons. The summed E-state index contributed by atoms with van der Waals surface area (Å²) in [5, 5.41) is 45.5. The van der Waals surface area contributed by atoms with E-state index in [0.717, 1.165) is 18.4 Å². The van der Waals surface area contributed by atoms with Crippen molar-refractivity contribution in [1.82, 2.24) is 0 Å². The van der Waals surface area contributed by atoms with Crippen LogP contribution in [0.5, 0.6) is 0 Å². The van der Waals surface area contributed by atoms with Gasteiger partial charge in [0.2, 0.25) is 5.79 Å². The molecule has 9 rings (SSSR count). The van der Waals surface area contributed by atoms with Crippen molar-refractivity contribution in [2.24, 2.45) is 17.8 Å². The molecule has 15 heteroatoms. The number of carbonyl (C=O) groups is 2. The highest BCUT2D eigenvalue weighted by Crippen LogP contribution is 2.55.